The van der Waals surface area contributed by atoms with E-state index >= 15 is 0 Å². The zero-order valence-corrected chi connectivity index (χ0v) is 14.1. The van der Waals surface area contributed by atoms with Crippen LogP contribution in [0.2, 0.25) is 5.02 Å². The van der Waals surface area contributed by atoms with Crippen LogP contribution in [0.25, 0.3) is 0 Å². The van der Waals surface area contributed by atoms with Gasteiger partial charge in [-0.3, -0.25) is 4.68 Å². The van der Waals surface area contributed by atoms with E-state index in [4.69, 9.17) is 20.9 Å². The number of aromatic nitrogens is 2. The molecule has 6 heteroatoms. The molecule has 2 heterocycles. The van der Waals surface area contributed by atoms with Gasteiger partial charge in [-0.1, -0.05) is 23.7 Å². The van der Waals surface area contributed by atoms with Crippen molar-refractivity contribution in [3.63, 3.8) is 0 Å². The van der Waals surface area contributed by atoms with E-state index in [0.717, 1.165) is 16.2 Å². The van der Waals surface area contributed by atoms with E-state index in [9.17, 15) is 0 Å². The van der Waals surface area contributed by atoms with E-state index < -0.39 is 7.12 Å². The first-order valence-corrected chi connectivity index (χ1v) is 7.78. The zero-order chi connectivity index (χ0) is 16.0. The van der Waals surface area contributed by atoms with Crippen LogP contribution >= 0.6 is 11.6 Å². The molecule has 0 spiro atoms. The summed E-state index contributed by atoms with van der Waals surface area (Å²) >= 11 is 5.90. The van der Waals surface area contributed by atoms with Crippen molar-refractivity contribution in [3.8, 4) is 0 Å². The maximum Gasteiger partial charge on any atom is 0.516 e. The predicted octanol–water partition coefficient (Wildman–Crippen LogP) is 2.88. The van der Waals surface area contributed by atoms with Gasteiger partial charge in [0.1, 0.15) is 0 Å². The van der Waals surface area contributed by atoms with Gasteiger partial charge in [-0.05, 0) is 51.5 Å². The highest BCUT2D eigenvalue weighted by atomic mass is 35.5. The molecule has 2 aromatic rings. The molecule has 116 valence electrons. The van der Waals surface area contributed by atoms with Crippen LogP contribution in [0.15, 0.2) is 36.5 Å². The molecule has 4 nitrogen and oxygen atoms in total. The van der Waals surface area contributed by atoms with E-state index in [0.29, 0.717) is 6.54 Å². The van der Waals surface area contributed by atoms with Crippen LogP contribution in [0.1, 0.15) is 33.3 Å². The maximum atomic E-state index is 6.01. The second-order valence-electron chi connectivity index (χ2n) is 6.65. The molecular weight excluding hydrogens is 298 g/mol. The molecule has 1 aliphatic heterocycles. The third kappa shape index (κ3) is 2.93. The largest absolute Gasteiger partial charge is 0.516 e. The Morgan fingerprint density at radius 1 is 1.05 bits per heavy atom. The molecule has 0 unspecified atom stereocenters. The van der Waals surface area contributed by atoms with Crippen molar-refractivity contribution in [2.45, 2.75) is 45.4 Å². The van der Waals surface area contributed by atoms with Crippen molar-refractivity contribution >= 4 is 24.3 Å². The Balaban J connectivity index is 1.73. The van der Waals surface area contributed by atoms with Crippen LogP contribution in [0.3, 0.4) is 0 Å². The molecule has 1 fully saturated rings. The lowest BCUT2D eigenvalue weighted by Crippen LogP contribution is -2.41. The van der Waals surface area contributed by atoms with Gasteiger partial charge in [0.05, 0.1) is 23.3 Å². The second kappa shape index (κ2) is 5.41. The van der Waals surface area contributed by atoms with Gasteiger partial charge in [-0.15, -0.1) is 0 Å². The second-order valence-corrected chi connectivity index (χ2v) is 7.09. The van der Waals surface area contributed by atoms with E-state index in [1.165, 1.54) is 0 Å². The lowest BCUT2D eigenvalue weighted by molar-refractivity contribution is 0.00578. The Hall–Kier alpha value is -1.30. The average molecular weight is 319 g/mol. The molecule has 0 aliphatic carbocycles. The van der Waals surface area contributed by atoms with Gasteiger partial charge in [0, 0.05) is 11.2 Å². The molecule has 0 saturated carbocycles. The minimum Gasteiger partial charge on any atom is -0.398 e. The topological polar surface area (TPSA) is 36.3 Å². The van der Waals surface area contributed by atoms with Gasteiger partial charge < -0.3 is 9.31 Å². The van der Waals surface area contributed by atoms with E-state index in [2.05, 4.69) is 5.10 Å². The lowest BCUT2D eigenvalue weighted by atomic mass is 9.85. The summed E-state index contributed by atoms with van der Waals surface area (Å²) < 4.78 is 13.9. The van der Waals surface area contributed by atoms with Gasteiger partial charge >= 0.3 is 7.12 Å². The highest BCUT2D eigenvalue weighted by Crippen LogP contribution is 2.36. The standard InChI is InChI=1S/C16H20BClN2O2/c1-15(2)16(3,4)22-17(21-15)14-9-10-20(19-14)11-12-5-7-13(18)8-6-12/h5-10H,11H2,1-4H3. The molecule has 0 radical (unpaired) electrons. The first-order valence-electron chi connectivity index (χ1n) is 7.40. The minimum absolute atomic E-state index is 0.350. The quantitative estimate of drug-likeness (QED) is 0.817. The van der Waals surface area contributed by atoms with E-state index in [1.54, 1.807) is 0 Å². The number of benzene rings is 1. The SMILES string of the molecule is CC1(C)OB(c2ccn(Cc3ccc(Cl)cc3)n2)OC1(C)C. The van der Waals surface area contributed by atoms with E-state index in [-0.39, 0.29) is 11.2 Å². The Bertz CT molecular complexity index is 651. The number of hydrogen-bond acceptors (Lipinski definition) is 3. The Morgan fingerprint density at radius 2 is 1.64 bits per heavy atom. The highest BCUT2D eigenvalue weighted by molar-refractivity contribution is 6.61. The zero-order valence-electron chi connectivity index (χ0n) is 13.3. The van der Waals surface area contributed by atoms with Gasteiger partial charge in [0.2, 0.25) is 0 Å². The smallest absolute Gasteiger partial charge is 0.398 e. The number of halogens is 1. The summed E-state index contributed by atoms with van der Waals surface area (Å²) in [5, 5.41) is 5.31. The van der Waals surface area contributed by atoms with Crippen LogP contribution in [-0.4, -0.2) is 28.1 Å². The van der Waals surface area contributed by atoms with Crippen LogP contribution in [0.5, 0.6) is 0 Å². The number of hydrogen-bond donors (Lipinski definition) is 0. The van der Waals surface area contributed by atoms with Gasteiger partial charge in [0.15, 0.2) is 0 Å². The highest BCUT2D eigenvalue weighted by Gasteiger charge is 2.52. The minimum atomic E-state index is -0.420. The fourth-order valence-electron chi connectivity index (χ4n) is 2.33. The molecule has 22 heavy (non-hydrogen) atoms. The Labute approximate surface area is 136 Å². The Morgan fingerprint density at radius 3 is 2.23 bits per heavy atom. The number of rotatable bonds is 3. The summed E-state index contributed by atoms with van der Waals surface area (Å²) in [6.07, 6.45) is 1.94. The van der Waals surface area contributed by atoms with Crippen LogP contribution in [-0.2, 0) is 15.9 Å². The van der Waals surface area contributed by atoms with Crippen molar-refractivity contribution < 1.29 is 9.31 Å². The summed E-state index contributed by atoms with van der Waals surface area (Å²) in [5.41, 5.74) is 1.25. The third-order valence-electron chi connectivity index (χ3n) is 4.41. The monoisotopic (exact) mass is 318 g/mol. The van der Waals surface area contributed by atoms with E-state index in [1.807, 2.05) is 68.9 Å². The lowest BCUT2D eigenvalue weighted by Gasteiger charge is -2.32. The summed E-state index contributed by atoms with van der Waals surface area (Å²) in [7, 11) is -0.420. The molecule has 1 aliphatic rings. The van der Waals surface area contributed by atoms with Gasteiger partial charge in [-0.25, -0.2) is 0 Å². The van der Waals surface area contributed by atoms with Crippen molar-refractivity contribution in [2.24, 2.45) is 0 Å². The molecule has 1 aromatic carbocycles. The summed E-state index contributed by atoms with van der Waals surface area (Å²) in [6, 6.07) is 9.71. The first-order chi connectivity index (χ1) is 10.3. The Kier molecular flexibility index (Phi) is 3.83. The van der Waals surface area contributed by atoms with Crippen molar-refractivity contribution in [1.82, 2.24) is 9.78 Å². The molecule has 0 bridgehead atoms. The van der Waals surface area contributed by atoms with Crippen molar-refractivity contribution in [3.05, 3.63) is 47.1 Å². The molecule has 0 atom stereocenters. The molecule has 1 aromatic heterocycles. The van der Waals surface area contributed by atoms with Gasteiger partial charge in [-0.2, -0.15) is 5.10 Å². The molecule has 0 amide bonds. The third-order valence-corrected chi connectivity index (χ3v) is 4.67. The molecule has 0 N–H and O–H groups in total. The fraction of sp³-hybridized carbons (Fsp3) is 0.438. The first kappa shape index (κ1) is 15.6. The normalized spacial score (nSPS) is 19.6. The molecular formula is C16H20BClN2O2. The predicted molar refractivity (Wildman–Crippen MR) is 88.5 cm³/mol. The summed E-state index contributed by atoms with van der Waals surface area (Å²) in [4.78, 5) is 0. The summed E-state index contributed by atoms with van der Waals surface area (Å²) in [5.74, 6) is 0. The summed E-state index contributed by atoms with van der Waals surface area (Å²) in [6.45, 7) is 8.85. The fourth-order valence-corrected chi connectivity index (χ4v) is 2.46. The number of nitrogens with zero attached hydrogens (tertiary/aromatic N) is 2. The van der Waals surface area contributed by atoms with Crippen molar-refractivity contribution in [2.75, 3.05) is 0 Å². The van der Waals surface area contributed by atoms with Crippen LogP contribution < -0.4 is 5.59 Å². The maximum absolute atomic E-state index is 6.01. The van der Waals surface area contributed by atoms with Crippen LogP contribution in [0.4, 0.5) is 0 Å². The van der Waals surface area contributed by atoms with Crippen molar-refractivity contribution in [1.29, 1.82) is 0 Å². The molecule has 1 saturated heterocycles. The van der Waals surface area contributed by atoms with Crippen LogP contribution in [0, 0.1) is 0 Å². The van der Waals surface area contributed by atoms with Gasteiger partial charge in [0.25, 0.3) is 0 Å². The molecule has 3 rings (SSSR count). The average Bonchev–Trinajstić information content (AvgIpc) is 2.96.